The second-order valence-corrected chi connectivity index (χ2v) is 9.21. The number of nitrogens with one attached hydrogen (secondary N) is 2. The maximum absolute atomic E-state index is 12.1. The average molecular weight is 425 g/mol. The topological polar surface area (TPSA) is 93.4 Å². The molecule has 1 amide bonds. The van der Waals surface area contributed by atoms with Crippen LogP contribution in [0.3, 0.4) is 0 Å². The molecule has 31 heavy (non-hydrogen) atoms. The smallest absolute Gasteiger partial charge is 0.223 e. The van der Waals surface area contributed by atoms with E-state index in [1.165, 1.54) is 32.1 Å². The van der Waals surface area contributed by atoms with Gasteiger partial charge >= 0.3 is 0 Å². The molecule has 2 aliphatic carbocycles. The molecule has 2 saturated carbocycles. The Bertz CT molecular complexity index is 1000. The fourth-order valence-electron chi connectivity index (χ4n) is 5.31. The second kappa shape index (κ2) is 8.13. The van der Waals surface area contributed by atoms with Gasteiger partial charge in [0.15, 0.2) is 5.65 Å². The fraction of sp³-hybridized carbons (Fsp3) is 0.652. The average Bonchev–Trinajstić information content (AvgIpc) is 3.38. The van der Waals surface area contributed by atoms with Gasteiger partial charge in [0.25, 0.3) is 0 Å². The number of hydrogen-bond donors (Lipinski definition) is 2. The quantitative estimate of drug-likeness (QED) is 0.739. The van der Waals surface area contributed by atoms with Gasteiger partial charge in [-0.2, -0.15) is 5.10 Å². The second-order valence-electron chi connectivity index (χ2n) is 9.21. The number of pyridine rings is 1. The molecule has 1 spiro atoms. The van der Waals surface area contributed by atoms with Gasteiger partial charge in [-0.05, 0) is 26.7 Å². The summed E-state index contributed by atoms with van der Waals surface area (Å²) >= 11 is 0. The zero-order chi connectivity index (χ0) is 21.4. The van der Waals surface area contributed by atoms with E-state index in [0.29, 0.717) is 12.6 Å². The Morgan fingerprint density at radius 3 is 2.77 bits per heavy atom. The molecule has 8 heteroatoms. The van der Waals surface area contributed by atoms with Gasteiger partial charge in [0.1, 0.15) is 5.60 Å². The molecule has 2 aromatic rings. The Morgan fingerprint density at radius 2 is 2.03 bits per heavy atom. The van der Waals surface area contributed by atoms with Crippen LogP contribution < -0.4 is 10.6 Å². The van der Waals surface area contributed by atoms with Crippen LogP contribution in [0.15, 0.2) is 17.5 Å². The highest BCUT2D eigenvalue weighted by molar-refractivity contribution is 6.11. The first-order chi connectivity index (χ1) is 15.1. The van der Waals surface area contributed by atoms with Crippen LogP contribution in [0, 0.1) is 5.92 Å². The molecule has 3 aliphatic rings. The predicted molar refractivity (Wildman–Crippen MR) is 120 cm³/mol. The molecule has 0 unspecified atom stereocenters. The third-order valence-electron chi connectivity index (χ3n) is 7.03. The van der Waals surface area contributed by atoms with Crippen molar-refractivity contribution in [3.05, 3.63) is 18.0 Å². The van der Waals surface area contributed by atoms with Gasteiger partial charge in [0.2, 0.25) is 5.91 Å². The molecule has 2 aromatic heterocycles. The summed E-state index contributed by atoms with van der Waals surface area (Å²) in [4.78, 5) is 22.8. The minimum atomic E-state index is -0.338. The number of hydrogen-bond acceptors (Lipinski definition) is 6. The molecular formula is C23H32N6O2. The van der Waals surface area contributed by atoms with Crippen molar-refractivity contribution in [2.24, 2.45) is 11.1 Å². The number of carbonyl (C=O) groups is 1. The Labute approximate surface area is 182 Å². The van der Waals surface area contributed by atoms with Gasteiger partial charge in [0, 0.05) is 56.1 Å². The standard InChI is InChI=1S/C23H32N6O2/c1-3-24-22(30)15-10-23(11-15)12-19(28-31-23)17-13-25-21-18(14-26-29(21)4-2)20(17)27-16-8-6-5-7-9-16/h13-16H,3-12H2,1-2H3,(H,24,30)(H,25,27). The van der Waals surface area contributed by atoms with E-state index in [9.17, 15) is 4.79 Å². The molecule has 2 fully saturated rings. The van der Waals surface area contributed by atoms with Crippen LogP contribution in [-0.2, 0) is 16.2 Å². The molecule has 0 radical (unpaired) electrons. The van der Waals surface area contributed by atoms with Crippen molar-refractivity contribution in [2.45, 2.75) is 83.4 Å². The highest BCUT2D eigenvalue weighted by Crippen LogP contribution is 2.48. The minimum absolute atomic E-state index is 0.0257. The summed E-state index contributed by atoms with van der Waals surface area (Å²) in [7, 11) is 0. The van der Waals surface area contributed by atoms with Crippen molar-refractivity contribution in [1.29, 1.82) is 0 Å². The van der Waals surface area contributed by atoms with E-state index in [2.05, 4.69) is 27.8 Å². The maximum Gasteiger partial charge on any atom is 0.223 e. The van der Waals surface area contributed by atoms with Gasteiger partial charge in [0.05, 0.1) is 23.0 Å². The highest BCUT2D eigenvalue weighted by atomic mass is 16.7. The van der Waals surface area contributed by atoms with Crippen LogP contribution >= 0.6 is 0 Å². The SMILES string of the molecule is CCNC(=O)C1CC2(CC(c3cnc4c(cnn4CC)c3NC3CCCCC3)=NO2)C1. The van der Waals surface area contributed by atoms with Crippen molar-refractivity contribution in [3.63, 3.8) is 0 Å². The van der Waals surface area contributed by atoms with Crippen molar-refractivity contribution < 1.29 is 9.63 Å². The first kappa shape index (κ1) is 20.3. The number of nitrogens with zero attached hydrogens (tertiary/aromatic N) is 4. The Balaban J connectivity index is 1.40. The van der Waals surface area contributed by atoms with Gasteiger partial charge in [-0.25, -0.2) is 9.67 Å². The first-order valence-corrected chi connectivity index (χ1v) is 11.8. The lowest BCUT2D eigenvalue weighted by Crippen LogP contribution is -2.50. The van der Waals surface area contributed by atoms with Crippen LogP contribution in [0.25, 0.3) is 11.0 Å². The van der Waals surface area contributed by atoms with Crippen molar-refractivity contribution in [1.82, 2.24) is 20.1 Å². The largest absolute Gasteiger partial charge is 0.388 e. The molecule has 8 nitrogen and oxygen atoms in total. The number of carbonyl (C=O) groups excluding carboxylic acids is 1. The van der Waals surface area contributed by atoms with Gasteiger partial charge < -0.3 is 15.5 Å². The van der Waals surface area contributed by atoms with E-state index in [1.54, 1.807) is 0 Å². The number of aromatic nitrogens is 3. The summed E-state index contributed by atoms with van der Waals surface area (Å²) in [6.45, 7) is 5.48. The third kappa shape index (κ3) is 3.66. The number of rotatable bonds is 6. The van der Waals surface area contributed by atoms with Crippen molar-refractivity contribution >= 4 is 28.3 Å². The normalized spacial score (nSPS) is 25.9. The van der Waals surface area contributed by atoms with E-state index in [-0.39, 0.29) is 17.4 Å². The Kier molecular flexibility index (Phi) is 5.32. The number of oxime groups is 1. The molecule has 1 aliphatic heterocycles. The zero-order valence-electron chi connectivity index (χ0n) is 18.5. The lowest BCUT2D eigenvalue weighted by Gasteiger charge is -2.41. The lowest BCUT2D eigenvalue weighted by molar-refractivity contribution is -0.147. The molecule has 166 valence electrons. The van der Waals surface area contributed by atoms with E-state index in [0.717, 1.165) is 53.8 Å². The Hall–Kier alpha value is -2.64. The summed E-state index contributed by atoms with van der Waals surface area (Å²) in [5.74, 6) is 0.151. The predicted octanol–water partition coefficient (Wildman–Crippen LogP) is 3.61. The number of amides is 1. The molecule has 5 rings (SSSR count). The van der Waals surface area contributed by atoms with Crippen LogP contribution in [0.4, 0.5) is 5.69 Å². The third-order valence-corrected chi connectivity index (χ3v) is 7.03. The molecule has 0 bridgehead atoms. The van der Waals surface area contributed by atoms with E-state index >= 15 is 0 Å². The maximum atomic E-state index is 12.1. The van der Waals surface area contributed by atoms with Crippen LogP contribution in [-0.4, -0.2) is 44.6 Å². The van der Waals surface area contributed by atoms with Crippen molar-refractivity contribution in [3.8, 4) is 0 Å². The molecular weight excluding hydrogens is 392 g/mol. The number of anilines is 1. The summed E-state index contributed by atoms with van der Waals surface area (Å²) < 4.78 is 1.93. The minimum Gasteiger partial charge on any atom is -0.388 e. The lowest BCUT2D eigenvalue weighted by atomic mass is 9.68. The number of aryl methyl sites for hydroxylation is 1. The van der Waals surface area contributed by atoms with Gasteiger partial charge in [-0.1, -0.05) is 24.4 Å². The molecule has 2 N–H and O–H groups in total. The van der Waals surface area contributed by atoms with Crippen molar-refractivity contribution in [2.75, 3.05) is 11.9 Å². The van der Waals surface area contributed by atoms with E-state index < -0.39 is 0 Å². The van der Waals surface area contributed by atoms with Crippen LogP contribution in [0.2, 0.25) is 0 Å². The monoisotopic (exact) mass is 424 g/mol. The molecule has 0 saturated heterocycles. The molecule has 0 atom stereocenters. The number of fused-ring (bicyclic) bond motifs is 1. The molecule has 0 aromatic carbocycles. The van der Waals surface area contributed by atoms with Crippen LogP contribution in [0.5, 0.6) is 0 Å². The summed E-state index contributed by atoms with van der Waals surface area (Å²) in [5, 5.41) is 16.8. The Morgan fingerprint density at radius 1 is 1.23 bits per heavy atom. The molecule has 3 heterocycles. The van der Waals surface area contributed by atoms with Gasteiger partial charge in [-0.15, -0.1) is 0 Å². The summed E-state index contributed by atoms with van der Waals surface area (Å²) in [5.41, 5.74) is 3.57. The first-order valence-electron chi connectivity index (χ1n) is 11.8. The fourth-order valence-corrected chi connectivity index (χ4v) is 5.31. The zero-order valence-corrected chi connectivity index (χ0v) is 18.5. The van der Waals surface area contributed by atoms with E-state index in [4.69, 9.17) is 9.82 Å². The van der Waals surface area contributed by atoms with Gasteiger partial charge in [-0.3, -0.25) is 4.79 Å². The summed E-state index contributed by atoms with van der Waals surface area (Å²) in [6.07, 6.45) is 12.2. The highest BCUT2D eigenvalue weighted by Gasteiger charge is 2.53. The van der Waals surface area contributed by atoms with E-state index in [1.807, 2.05) is 24.0 Å². The van der Waals surface area contributed by atoms with Crippen LogP contribution in [0.1, 0.15) is 70.8 Å². The summed E-state index contributed by atoms with van der Waals surface area (Å²) in [6, 6.07) is 0.464.